The molecule has 1 rings (SSSR count). The first-order chi connectivity index (χ1) is 12.9. The molecule has 1 atom stereocenters. The molecule has 0 saturated carbocycles. The maximum Gasteiger partial charge on any atom is 0.409 e. The van der Waals surface area contributed by atoms with Crippen molar-refractivity contribution in [2.24, 2.45) is 5.73 Å². The highest BCUT2D eigenvalue weighted by atomic mass is 32.2. The number of non-ortho nitro benzene ring substituents is 1. The quantitative estimate of drug-likeness (QED) is 0.389. The Bertz CT molecular complexity index is 634. The zero-order chi connectivity index (χ0) is 21.7. The third-order valence-electron chi connectivity index (χ3n) is 2.93. The lowest BCUT2D eigenvalue weighted by Gasteiger charge is -2.20. The van der Waals surface area contributed by atoms with Crippen LogP contribution in [0, 0.1) is 10.1 Å². The van der Waals surface area contributed by atoms with Crippen LogP contribution in [0.15, 0.2) is 24.3 Å². The standard InChI is InChI=1S/C10H22N2O2S.C7H6N2O4/c1-10(2,3)14-9(13)12-7-8(11)5-6-15-4;10-7(11)8-5-1-3-6(4-2-5)9(12)13/h8H,5-7,11H2,1-4H3,(H,12,13);1-4,8H,(H,10,11). The minimum atomic E-state index is -1.20. The van der Waals surface area contributed by atoms with Crippen LogP contribution in [0.5, 0.6) is 0 Å². The van der Waals surface area contributed by atoms with Crippen LogP contribution < -0.4 is 16.4 Å². The number of carbonyl (C=O) groups is 2. The van der Waals surface area contributed by atoms with Crippen LogP contribution in [0.4, 0.5) is 21.0 Å². The molecule has 0 saturated heterocycles. The van der Waals surface area contributed by atoms with Crippen LogP contribution in [0.3, 0.4) is 0 Å². The van der Waals surface area contributed by atoms with Crippen molar-refractivity contribution < 1.29 is 24.4 Å². The summed E-state index contributed by atoms with van der Waals surface area (Å²) in [4.78, 5) is 31.0. The van der Waals surface area contributed by atoms with Gasteiger partial charge in [-0.1, -0.05) is 0 Å². The van der Waals surface area contributed by atoms with Crippen molar-refractivity contribution >= 4 is 35.3 Å². The highest BCUT2D eigenvalue weighted by Gasteiger charge is 2.16. The number of benzene rings is 1. The zero-order valence-corrected chi connectivity index (χ0v) is 17.2. The van der Waals surface area contributed by atoms with Gasteiger partial charge in [-0.3, -0.25) is 15.4 Å². The highest BCUT2D eigenvalue weighted by molar-refractivity contribution is 7.98. The van der Waals surface area contributed by atoms with E-state index in [1.165, 1.54) is 24.3 Å². The van der Waals surface area contributed by atoms with Crippen LogP contribution in [0.2, 0.25) is 0 Å². The van der Waals surface area contributed by atoms with Crippen LogP contribution in [-0.4, -0.2) is 52.4 Å². The number of thioether (sulfide) groups is 1. The van der Waals surface area contributed by atoms with E-state index in [1.54, 1.807) is 11.8 Å². The van der Waals surface area contributed by atoms with Crippen LogP contribution in [0.25, 0.3) is 0 Å². The number of nitrogens with zero attached hydrogens (tertiary/aromatic N) is 1. The number of carboxylic acid groups (broad SMARTS) is 1. The third-order valence-corrected chi connectivity index (χ3v) is 3.57. The van der Waals surface area contributed by atoms with E-state index in [0.29, 0.717) is 12.2 Å². The molecule has 1 aromatic carbocycles. The number of anilines is 1. The molecule has 0 aliphatic rings. The number of nitro benzene ring substituents is 1. The second-order valence-corrected chi connectivity index (χ2v) is 7.64. The van der Waals surface area contributed by atoms with Gasteiger partial charge in [-0.15, -0.1) is 0 Å². The fourth-order valence-corrected chi connectivity index (χ4v) is 2.23. The van der Waals surface area contributed by atoms with Gasteiger partial charge in [0, 0.05) is 30.4 Å². The number of amides is 2. The summed E-state index contributed by atoms with van der Waals surface area (Å²) in [5.41, 5.74) is 5.57. The van der Waals surface area contributed by atoms with Gasteiger partial charge in [0.1, 0.15) is 5.60 Å². The Labute approximate surface area is 168 Å². The largest absolute Gasteiger partial charge is 0.465 e. The summed E-state index contributed by atoms with van der Waals surface area (Å²) in [6.07, 6.45) is 1.33. The molecule has 1 aromatic rings. The number of nitrogens with one attached hydrogen (secondary N) is 2. The number of rotatable bonds is 7. The van der Waals surface area contributed by atoms with Crippen molar-refractivity contribution in [3.05, 3.63) is 34.4 Å². The maximum absolute atomic E-state index is 11.2. The topological polar surface area (TPSA) is 157 Å². The molecule has 0 radical (unpaired) electrons. The number of alkyl carbamates (subject to hydrolysis) is 1. The van der Waals surface area contributed by atoms with Crippen molar-refractivity contribution in [1.29, 1.82) is 0 Å². The Morgan fingerprint density at radius 3 is 2.32 bits per heavy atom. The van der Waals surface area contributed by atoms with Gasteiger partial charge in [-0.2, -0.15) is 11.8 Å². The summed E-state index contributed by atoms with van der Waals surface area (Å²) >= 11 is 1.75. The average molecular weight is 417 g/mol. The molecule has 0 aliphatic carbocycles. The molecule has 28 heavy (non-hydrogen) atoms. The number of ether oxygens (including phenoxy) is 1. The molecular weight excluding hydrogens is 388 g/mol. The van der Waals surface area contributed by atoms with E-state index in [-0.39, 0.29) is 11.7 Å². The molecule has 11 heteroatoms. The van der Waals surface area contributed by atoms with Crippen LogP contribution in [-0.2, 0) is 4.74 Å². The van der Waals surface area contributed by atoms with Crippen molar-refractivity contribution in [3.8, 4) is 0 Å². The Balaban J connectivity index is 0.000000525. The summed E-state index contributed by atoms with van der Waals surface area (Å²) in [5.74, 6) is 1.01. The van der Waals surface area contributed by atoms with Gasteiger partial charge < -0.3 is 20.9 Å². The molecule has 1 unspecified atom stereocenters. The second kappa shape index (κ2) is 12.8. The van der Waals surface area contributed by atoms with Gasteiger partial charge in [-0.05, 0) is 51.3 Å². The molecule has 0 bridgehead atoms. The van der Waals surface area contributed by atoms with Gasteiger partial charge in [0.05, 0.1) is 4.92 Å². The summed E-state index contributed by atoms with van der Waals surface area (Å²) < 4.78 is 5.08. The van der Waals surface area contributed by atoms with Crippen LogP contribution >= 0.6 is 11.8 Å². The molecule has 10 nitrogen and oxygen atoms in total. The fraction of sp³-hybridized carbons (Fsp3) is 0.529. The normalized spacial score (nSPS) is 11.5. The molecule has 0 aliphatic heterocycles. The molecule has 0 heterocycles. The minimum Gasteiger partial charge on any atom is -0.465 e. The molecule has 2 amide bonds. The molecule has 0 spiro atoms. The number of hydrogen-bond donors (Lipinski definition) is 4. The number of nitro groups is 1. The van der Waals surface area contributed by atoms with Crippen molar-refractivity contribution in [2.45, 2.75) is 38.8 Å². The van der Waals surface area contributed by atoms with Crippen molar-refractivity contribution in [2.75, 3.05) is 23.9 Å². The lowest BCUT2D eigenvalue weighted by Crippen LogP contribution is -2.40. The first-order valence-corrected chi connectivity index (χ1v) is 9.79. The van der Waals surface area contributed by atoms with Gasteiger partial charge >= 0.3 is 12.2 Å². The van der Waals surface area contributed by atoms with E-state index in [4.69, 9.17) is 15.6 Å². The first-order valence-electron chi connectivity index (χ1n) is 8.40. The first kappa shape index (κ1) is 25.5. The number of nitrogens with two attached hydrogens (primary N) is 1. The average Bonchev–Trinajstić information content (AvgIpc) is 2.57. The van der Waals surface area contributed by atoms with Gasteiger partial charge in [-0.25, -0.2) is 9.59 Å². The SMILES string of the molecule is CSCCC(N)CNC(=O)OC(C)(C)C.O=C(O)Nc1ccc([N+](=O)[O-])cc1. The lowest BCUT2D eigenvalue weighted by atomic mass is 10.2. The molecule has 5 N–H and O–H groups in total. The summed E-state index contributed by atoms with van der Waals surface area (Å²) in [7, 11) is 0. The molecule has 0 aromatic heterocycles. The van der Waals surface area contributed by atoms with Crippen molar-refractivity contribution in [1.82, 2.24) is 5.32 Å². The molecule has 158 valence electrons. The van der Waals surface area contributed by atoms with E-state index in [0.717, 1.165) is 12.2 Å². The highest BCUT2D eigenvalue weighted by Crippen LogP contribution is 2.14. The fourth-order valence-electron chi connectivity index (χ4n) is 1.69. The molecular formula is C17H28N4O6S. The second-order valence-electron chi connectivity index (χ2n) is 6.66. The number of hydrogen-bond acceptors (Lipinski definition) is 7. The Hall–Kier alpha value is -2.53. The van der Waals surface area contributed by atoms with E-state index in [2.05, 4.69) is 10.6 Å². The van der Waals surface area contributed by atoms with E-state index >= 15 is 0 Å². The van der Waals surface area contributed by atoms with Gasteiger partial charge in [0.15, 0.2) is 0 Å². The van der Waals surface area contributed by atoms with E-state index in [1.807, 2.05) is 27.0 Å². The van der Waals surface area contributed by atoms with Gasteiger partial charge in [0.2, 0.25) is 0 Å². The molecule has 0 fully saturated rings. The lowest BCUT2D eigenvalue weighted by molar-refractivity contribution is -0.384. The van der Waals surface area contributed by atoms with Gasteiger partial charge in [0.25, 0.3) is 5.69 Å². The minimum absolute atomic E-state index is 0.00460. The predicted octanol–water partition coefficient (Wildman–Crippen LogP) is 3.28. The van der Waals surface area contributed by atoms with Crippen LogP contribution in [0.1, 0.15) is 27.2 Å². The smallest absolute Gasteiger partial charge is 0.409 e. The van der Waals surface area contributed by atoms with E-state index < -0.39 is 22.7 Å². The van der Waals surface area contributed by atoms with Crippen molar-refractivity contribution in [3.63, 3.8) is 0 Å². The zero-order valence-electron chi connectivity index (χ0n) is 16.4. The monoisotopic (exact) mass is 416 g/mol. The predicted molar refractivity (Wildman–Crippen MR) is 110 cm³/mol. The summed E-state index contributed by atoms with van der Waals surface area (Å²) in [6, 6.07) is 5.11. The maximum atomic E-state index is 11.2. The summed E-state index contributed by atoms with van der Waals surface area (Å²) in [6.45, 7) is 5.97. The Morgan fingerprint density at radius 2 is 1.89 bits per heavy atom. The Kier molecular flexibility index (Phi) is 11.6. The number of carbonyl (C=O) groups excluding carboxylic acids is 1. The summed E-state index contributed by atoms with van der Waals surface area (Å²) in [5, 5.41) is 23.2. The third kappa shape index (κ3) is 13.6. The Morgan fingerprint density at radius 1 is 1.32 bits per heavy atom. The van der Waals surface area contributed by atoms with E-state index in [9.17, 15) is 19.7 Å².